The van der Waals surface area contributed by atoms with E-state index in [1.54, 1.807) is 0 Å². The average molecular weight is 238 g/mol. The first kappa shape index (κ1) is 12.9. The Balaban J connectivity index is 3.03. The van der Waals surface area contributed by atoms with Crippen molar-refractivity contribution in [2.24, 2.45) is 0 Å². The van der Waals surface area contributed by atoms with Crippen LogP contribution in [0.5, 0.6) is 0 Å². The van der Waals surface area contributed by atoms with Gasteiger partial charge in [-0.3, -0.25) is 4.79 Å². The van der Waals surface area contributed by atoms with E-state index in [0.717, 1.165) is 6.92 Å². The van der Waals surface area contributed by atoms with Crippen molar-refractivity contribution in [2.45, 2.75) is 6.92 Å². The molecule has 0 atom stereocenters. The van der Waals surface area contributed by atoms with E-state index >= 15 is 0 Å². The highest BCUT2D eigenvalue weighted by Crippen LogP contribution is 2.11. The van der Waals surface area contributed by atoms with Crippen LogP contribution in [0.1, 0.15) is 27.6 Å². The third kappa shape index (κ3) is 3.39. The molecule has 0 radical (unpaired) electrons. The first-order valence-corrected chi connectivity index (χ1v) is 4.66. The number of carbonyl (C=O) groups is 3. The Hall–Kier alpha value is -2.21. The van der Waals surface area contributed by atoms with Gasteiger partial charge in [0.25, 0.3) is 0 Å². The van der Waals surface area contributed by atoms with Crippen molar-refractivity contribution in [2.75, 3.05) is 6.79 Å². The van der Waals surface area contributed by atoms with Gasteiger partial charge in [-0.2, -0.15) is 0 Å². The normalized spacial score (nSPS) is 9.53. The Labute approximate surface area is 96.8 Å². The van der Waals surface area contributed by atoms with Gasteiger partial charge >= 0.3 is 17.9 Å². The predicted octanol–water partition coefficient (Wildman–Crippen LogP) is 0.496. The number of ether oxygens (including phenoxy) is 2. The van der Waals surface area contributed by atoms with Gasteiger partial charge in [-0.1, -0.05) is 12.1 Å². The Bertz CT molecular complexity index is 451. The summed E-state index contributed by atoms with van der Waals surface area (Å²) in [5.41, 5.74) is -0.172. The van der Waals surface area contributed by atoms with E-state index in [-0.39, 0.29) is 11.1 Å². The molecule has 1 rings (SSSR count). The van der Waals surface area contributed by atoms with Crippen molar-refractivity contribution < 1.29 is 29.0 Å². The van der Waals surface area contributed by atoms with E-state index in [2.05, 4.69) is 9.47 Å². The Morgan fingerprint density at radius 2 is 1.65 bits per heavy atom. The quantitative estimate of drug-likeness (QED) is 0.468. The van der Waals surface area contributed by atoms with E-state index in [1.165, 1.54) is 24.3 Å². The Morgan fingerprint density at radius 1 is 1.12 bits per heavy atom. The fraction of sp³-hybridized carbons (Fsp3) is 0.182. The predicted molar refractivity (Wildman–Crippen MR) is 55.0 cm³/mol. The lowest BCUT2D eigenvalue weighted by Crippen LogP contribution is -2.16. The minimum atomic E-state index is -0.942. The molecule has 0 fully saturated rings. The lowest BCUT2D eigenvalue weighted by atomic mass is 10.1. The molecule has 0 saturated carbocycles. The maximum absolute atomic E-state index is 11.5. The topological polar surface area (TPSA) is 89.9 Å². The zero-order chi connectivity index (χ0) is 12.8. The number of esters is 3. The van der Waals surface area contributed by atoms with Crippen LogP contribution < -0.4 is 0 Å². The highest BCUT2D eigenvalue weighted by Gasteiger charge is 2.19. The highest BCUT2D eigenvalue weighted by atomic mass is 16.6. The van der Waals surface area contributed by atoms with Gasteiger partial charge in [-0.05, 0) is 12.1 Å². The van der Waals surface area contributed by atoms with Crippen LogP contribution in [0.15, 0.2) is 24.3 Å². The van der Waals surface area contributed by atoms with Crippen LogP contribution >= 0.6 is 0 Å². The number of rotatable bonds is 3. The van der Waals surface area contributed by atoms with Crippen molar-refractivity contribution in [1.29, 1.82) is 0 Å². The minimum absolute atomic E-state index is 0.0761. The fourth-order valence-corrected chi connectivity index (χ4v) is 1.16. The van der Waals surface area contributed by atoms with Gasteiger partial charge in [0, 0.05) is 6.92 Å². The van der Waals surface area contributed by atoms with Crippen molar-refractivity contribution in [1.82, 2.24) is 0 Å². The minimum Gasteiger partial charge on any atom is -0.435 e. The summed E-state index contributed by atoms with van der Waals surface area (Å²) < 4.78 is 8.70. The van der Waals surface area contributed by atoms with Gasteiger partial charge in [-0.25, -0.2) is 9.59 Å². The average Bonchev–Trinajstić information content (AvgIpc) is 2.28. The molecule has 0 amide bonds. The molecular formula is C11H10O6. The van der Waals surface area contributed by atoms with Crippen molar-refractivity contribution >= 4 is 17.9 Å². The maximum atomic E-state index is 11.5. The van der Waals surface area contributed by atoms with Crippen molar-refractivity contribution in [3.63, 3.8) is 0 Å². The first-order valence-electron chi connectivity index (χ1n) is 4.66. The number of aliphatic hydroxyl groups excluding tert-OH is 1. The lowest BCUT2D eigenvalue weighted by molar-refractivity contribution is -0.135. The van der Waals surface area contributed by atoms with Crippen LogP contribution in [0.4, 0.5) is 0 Å². The van der Waals surface area contributed by atoms with Crippen molar-refractivity contribution in [3.8, 4) is 0 Å². The van der Waals surface area contributed by atoms with Crippen LogP contribution in [0.2, 0.25) is 0 Å². The zero-order valence-corrected chi connectivity index (χ0v) is 9.00. The molecule has 6 heteroatoms. The summed E-state index contributed by atoms with van der Waals surface area (Å²) in [6.45, 7) is 0.279. The van der Waals surface area contributed by atoms with E-state index in [9.17, 15) is 14.4 Å². The van der Waals surface area contributed by atoms with Crippen LogP contribution in [0, 0.1) is 0 Å². The van der Waals surface area contributed by atoms with Gasteiger partial charge in [-0.15, -0.1) is 0 Å². The molecular weight excluding hydrogens is 228 g/mol. The maximum Gasteiger partial charge on any atom is 0.346 e. The molecule has 0 spiro atoms. The zero-order valence-electron chi connectivity index (χ0n) is 9.00. The molecule has 0 heterocycles. The summed E-state index contributed by atoms with van der Waals surface area (Å²) in [6, 6.07) is 5.67. The molecule has 1 aromatic rings. The molecule has 90 valence electrons. The number of carbonyl (C=O) groups excluding carboxylic acids is 3. The largest absolute Gasteiger partial charge is 0.435 e. The second-order valence-electron chi connectivity index (χ2n) is 2.99. The van der Waals surface area contributed by atoms with Crippen LogP contribution in [-0.2, 0) is 14.3 Å². The molecule has 1 N–H and O–H groups in total. The van der Waals surface area contributed by atoms with Crippen molar-refractivity contribution in [3.05, 3.63) is 35.4 Å². The fourth-order valence-electron chi connectivity index (χ4n) is 1.16. The van der Waals surface area contributed by atoms with Crippen LogP contribution in [0.25, 0.3) is 0 Å². The van der Waals surface area contributed by atoms with Gasteiger partial charge in [0.15, 0.2) is 6.79 Å². The van der Waals surface area contributed by atoms with E-state index < -0.39 is 24.7 Å². The monoisotopic (exact) mass is 238 g/mol. The number of benzene rings is 1. The van der Waals surface area contributed by atoms with Gasteiger partial charge < -0.3 is 14.6 Å². The van der Waals surface area contributed by atoms with E-state index in [1.807, 2.05) is 0 Å². The van der Waals surface area contributed by atoms with Gasteiger partial charge in [0.2, 0.25) is 0 Å². The molecule has 17 heavy (non-hydrogen) atoms. The SMILES string of the molecule is CC(=O)OC(=O)c1ccccc1C(=O)OCO. The number of aliphatic hydroxyl groups is 1. The molecule has 0 aliphatic carbocycles. The molecule has 0 aliphatic heterocycles. The highest BCUT2D eigenvalue weighted by molar-refractivity contribution is 6.05. The molecule has 0 aromatic heterocycles. The molecule has 0 saturated heterocycles. The number of hydrogen-bond donors (Lipinski definition) is 1. The second kappa shape index (κ2) is 5.76. The van der Waals surface area contributed by atoms with Crippen LogP contribution in [0.3, 0.4) is 0 Å². The first-order chi connectivity index (χ1) is 8.06. The molecule has 0 unspecified atom stereocenters. The van der Waals surface area contributed by atoms with Gasteiger partial charge in [0.05, 0.1) is 11.1 Å². The van der Waals surface area contributed by atoms with E-state index in [4.69, 9.17) is 5.11 Å². The summed E-state index contributed by atoms with van der Waals surface area (Å²) in [4.78, 5) is 33.5. The number of hydrogen-bond acceptors (Lipinski definition) is 6. The standard InChI is InChI=1S/C11H10O6/c1-7(13)17-11(15)9-5-3-2-4-8(9)10(14)16-6-12/h2-5,12H,6H2,1H3. The summed E-state index contributed by atoms with van der Waals surface area (Å²) in [7, 11) is 0. The third-order valence-electron chi connectivity index (χ3n) is 1.80. The lowest BCUT2D eigenvalue weighted by Gasteiger charge is -2.06. The summed E-state index contributed by atoms with van der Waals surface area (Å²) in [6.07, 6.45) is 0. The Kier molecular flexibility index (Phi) is 4.36. The van der Waals surface area contributed by atoms with E-state index in [0.29, 0.717) is 0 Å². The van der Waals surface area contributed by atoms with Crippen LogP contribution in [-0.4, -0.2) is 29.8 Å². The molecule has 6 nitrogen and oxygen atoms in total. The molecule has 1 aromatic carbocycles. The smallest absolute Gasteiger partial charge is 0.346 e. The Morgan fingerprint density at radius 3 is 2.12 bits per heavy atom. The second-order valence-corrected chi connectivity index (χ2v) is 2.99. The summed E-state index contributed by atoms with van der Waals surface area (Å²) >= 11 is 0. The van der Waals surface area contributed by atoms with Gasteiger partial charge in [0.1, 0.15) is 0 Å². The summed E-state index contributed by atoms with van der Waals surface area (Å²) in [5.74, 6) is -2.59. The molecule has 0 aliphatic rings. The molecule has 0 bridgehead atoms. The summed E-state index contributed by atoms with van der Waals surface area (Å²) in [5, 5.41) is 8.46. The third-order valence-corrected chi connectivity index (χ3v) is 1.80.